The first-order valence-corrected chi connectivity index (χ1v) is 13.7. The Balaban J connectivity index is 1.78. The number of aromatic nitrogens is 2. The van der Waals surface area contributed by atoms with Crippen LogP contribution in [0.5, 0.6) is 5.75 Å². The monoisotopic (exact) mass is 673 g/mol. The SMILES string of the molecule is Cc1c(F)cc(Br)c(CNC(=O)c2nc3n(c(=O)c2O)CC2(F)CCC3(N(C)C(=O)C(=O)N(C)C)CC2)c1Br. The van der Waals surface area contributed by atoms with Gasteiger partial charge in [0.2, 0.25) is 5.75 Å². The average Bonchev–Trinajstić information content (AvgIpc) is 3.10. The Bertz CT molecular complexity index is 1450. The van der Waals surface area contributed by atoms with Crippen molar-refractivity contribution in [3.8, 4) is 5.75 Å². The van der Waals surface area contributed by atoms with E-state index >= 15 is 4.39 Å². The third-order valence-corrected chi connectivity index (χ3v) is 9.43. The number of benzene rings is 1. The lowest BCUT2D eigenvalue weighted by Crippen LogP contribution is -2.54. The number of carbonyl (C=O) groups is 3. The first-order chi connectivity index (χ1) is 18.1. The van der Waals surface area contributed by atoms with E-state index in [4.69, 9.17) is 0 Å². The van der Waals surface area contributed by atoms with Crippen LogP contribution in [0.2, 0.25) is 0 Å². The van der Waals surface area contributed by atoms with Crippen LogP contribution >= 0.6 is 31.9 Å². The summed E-state index contributed by atoms with van der Waals surface area (Å²) in [6.45, 7) is 1.03. The normalized spacial score (nSPS) is 21.6. The van der Waals surface area contributed by atoms with Crippen LogP contribution in [0.3, 0.4) is 0 Å². The molecule has 0 spiro atoms. The number of hydrogen-bond acceptors (Lipinski definition) is 6. The fourth-order valence-corrected chi connectivity index (χ4v) is 6.50. The zero-order valence-electron chi connectivity index (χ0n) is 21.7. The van der Waals surface area contributed by atoms with Gasteiger partial charge in [0.15, 0.2) is 5.69 Å². The van der Waals surface area contributed by atoms with Crippen LogP contribution in [0.1, 0.15) is 53.1 Å². The van der Waals surface area contributed by atoms with E-state index in [1.807, 2.05) is 0 Å². The van der Waals surface area contributed by atoms with Crippen LogP contribution in [0, 0.1) is 12.7 Å². The van der Waals surface area contributed by atoms with Gasteiger partial charge in [0, 0.05) is 42.2 Å². The first kappa shape index (κ1) is 29.1. The highest BCUT2D eigenvalue weighted by Crippen LogP contribution is 2.49. The molecule has 2 bridgehead atoms. The summed E-state index contributed by atoms with van der Waals surface area (Å²) in [4.78, 5) is 58.7. The number of alkyl halides is 1. The van der Waals surface area contributed by atoms with Gasteiger partial charge in [0.25, 0.3) is 11.5 Å². The van der Waals surface area contributed by atoms with Crippen LogP contribution in [0.15, 0.2) is 19.8 Å². The van der Waals surface area contributed by atoms with Gasteiger partial charge in [-0.1, -0.05) is 31.9 Å². The second-order valence-electron chi connectivity index (χ2n) is 10.2. The van der Waals surface area contributed by atoms with E-state index in [1.165, 1.54) is 27.2 Å². The third kappa shape index (κ3) is 4.85. The molecule has 3 aliphatic rings. The zero-order chi connectivity index (χ0) is 29.0. The number of likely N-dealkylation sites (N-methyl/N-ethyl adjacent to an activating group) is 2. The van der Waals surface area contributed by atoms with Crippen molar-refractivity contribution in [2.24, 2.45) is 0 Å². The molecule has 2 aliphatic heterocycles. The number of fused-ring (bicyclic) bond motifs is 2. The Kier molecular flexibility index (Phi) is 7.67. The van der Waals surface area contributed by atoms with Crippen LogP contribution in [-0.2, 0) is 28.2 Å². The average molecular weight is 675 g/mol. The highest BCUT2D eigenvalue weighted by atomic mass is 79.9. The van der Waals surface area contributed by atoms with Crippen molar-refractivity contribution >= 4 is 49.6 Å². The highest BCUT2D eigenvalue weighted by Gasteiger charge is 2.55. The minimum atomic E-state index is -1.79. The van der Waals surface area contributed by atoms with Crippen molar-refractivity contribution in [2.75, 3.05) is 21.1 Å². The van der Waals surface area contributed by atoms with E-state index < -0.39 is 58.3 Å². The molecule has 1 saturated carbocycles. The molecule has 1 fully saturated rings. The topological polar surface area (TPSA) is 125 Å². The summed E-state index contributed by atoms with van der Waals surface area (Å²) in [5.41, 5.74) is -3.95. The van der Waals surface area contributed by atoms with Crippen molar-refractivity contribution in [3.63, 3.8) is 0 Å². The van der Waals surface area contributed by atoms with Crippen molar-refractivity contribution < 1.29 is 28.3 Å². The Labute approximate surface area is 239 Å². The predicted molar refractivity (Wildman–Crippen MR) is 143 cm³/mol. The molecule has 14 heteroatoms. The second kappa shape index (κ2) is 10.3. The number of halogens is 4. The lowest BCUT2D eigenvalue weighted by Gasteiger charge is -2.44. The van der Waals surface area contributed by atoms with Gasteiger partial charge in [-0.05, 0) is 44.2 Å². The largest absolute Gasteiger partial charge is 0.501 e. The van der Waals surface area contributed by atoms with Gasteiger partial charge in [0.05, 0.1) is 6.54 Å². The van der Waals surface area contributed by atoms with Gasteiger partial charge >= 0.3 is 11.8 Å². The number of amides is 3. The van der Waals surface area contributed by atoms with Gasteiger partial charge in [0.1, 0.15) is 22.8 Å². The van der Waals surface area contributed by atoms with Gasteiger partial charge in [-0.2, -0.15) is 0 Å². The van der Waals surface area contributed by atoms with Crippen LogP contribution in [0.25, 0.3) is 0 Å². The molecule has 10 nitrogen and oxygen atoms in total. The standard InChI is InChI=1S/C25H27Br2F2N5O5/c1-12-15(28)9-14(26)13(16(12)27)10-30-19(36)17-18(35)20(37)34-11-24(29)5-7-25(8-6-24,23(34)31-17)33(4)22(39)21(38)32(2)3/h9,35H,5-8,10-11H2,1-4H3,(H,30,36). The zero-order valence-corrected chi connectivity index (χ0v) is 24.9. The number of hydrogen-bond donors (Lipinski definition) is 2. The van der Waals surface area contributed by atoms with Crippen LogP contribution in [-0.4, -0.2) is 69.0 Å². The fourth-order valence-electron chi connectivity index (χ4n) is 5.15. The summed E-state index contributed by atoms with van der Waals surface area (Å²) in [6.07, 6.45) is 0.0780. The molecule has 39 heavy (non-hydrogen) atoms. The van der Waals surface area contributed by atoms with Crippen LogP contribution < -0.4 is 10.9 Å². The predicted octanol–water partition coefficient (Wildman–Crippen LogP) is 2.89. The molecule has 210 valence electrons. The smallest absolute Gasteiger partial charge is 0.312 e. The lowest BCUT2D eigenvalue weighted by atomic mass is 9.75. The molecular formula is C25H27Br2F2N5O5. The summed E-state index contributed by atoms with van der Waals surface area (Å²) >= 11 is 6.58. The Hall–Kier alpha value is -2.87. The molecule has 5 rings (SSSR count). The minimum Gasteiger partial charge on any atom is -0.501 e. The second-order valence-corrected chi connectivity index (χ2v) is 11.9. The summed E-state index contributed by atoms with van der Waals surface area (Å²) in [5.74, 6) is -4.10. The molecule has 0 atom stereocenters. The van der Waals surface area contributed by atoms with Crippen molar-refractivity contribution in [3.05, 3.63) is 53.8 Å². The highest BCUT2D eigenvalue weighted by molar-refractivity contribution is 9.11. The molecule has 3 heterocycles. The molecule has 2 N–H and O–H groups in total. The van der Waals surface area contributed by atoms with Crippen LogP contribution in [0.4, 0.5) is 8.78 Å². The Morgan fingerprint density at radius 2 is 1.77 bits per heavy atom. The molecule has 3 amide bonds. The summed E-state index contributed by atoms with van der Waals surface area (Å²) in [5, 5.41) is 13.3. The lowest BCUT2D eigenvalue weighted by molar-refractivity contribution is -0.155. The molecule has 1 aliphatic carbocycles. The fraction of sp³-hybridized carbons (Fsp3) is 0.480. The number of nitrogens with one attached hydrogen (secondary N) is 1. The third-order valence-electron chi connectivity index (χ3n) is 7.65. The molecule has 1 aromatic carbocycles. The van der Waals surface area contributed by atoms with E-state index in [0.717, 1.165) is 14.4 Å². The minimum absolute atomic E-state index is 0.0160. The summed E-state index contributed by atoms with van der Waals surface area (Å²) < 4.78 is 31.4. The maximum atomic E-state index is 15.7. The van der Waals surface area contributed by atoms with Crippen molar-refractivity contribution in [1.82, 2.24) is 24.7 Å². The first-order valence-electron chi connectivity index (χ1n) is 12.1. The molecule has 2 aromatic rings. The summed E-state index contributed by atoms with van der Waals surface area (Å²) in [7, 11) is 4.22. The van der Waals surface area contributed by atoms with E-state index in [0.29, 0.717) is 20.1 Å². The molecule has 0 unspecified atom stereocenters. The Morgan fingerprint density at radius 1 is 1.15 bits per heavy atom. The van der Waals surface area contributed by atoms with Gasteiger partial charge in [-0.15, -0.1) is 0 Å². The van der Waals surface area contributed by atoms with Crippen molar-refractivity contribution in [2.45, 2.75) is 56.9 Å². The Morgan fingerprint density at radius 3 is 2.36 bits per heavy atom. The van der Waals surface area contributed by atoms with E-state index in [-0.39, 0.29) is 38.1 Å². The number of carbonyl (C=O) groups excluding carboxylic acids is 3. The molecule has 1 aromatic heterocycles. The maximum absolute atomic E-state index is 15.7. The molecule has 0 radical (unpaired) electrons. The van der Waals surface area contributed by atoms with Crippen molar-refractivity contribution in [1.29, 1.82) is 0 Å². The van der Waals surface area contributed by atoms with E-state index in [1.54, 1.807) is 6.92 Å². The van der Waals surface area contributed by atoms with Gasteiger partial charge < -0.3 is 20.2 Å². The van der Waals surface area contributed by atoms with E-state index in [9.17, 15) is 28.7 Å². The number of aromatic hydroxyl groups is 1. The summed E-state index contributed by atoms with van der Waals surface area (Å²) in [6, 6.07) is 1.25. The number of rotatable bonds is 4. The van der Waals surface area contributed by atoms with E-state index in [2.05, 4.69) is 42.2 Å². The van der Waals surface area contributed by atoms with Gasteiger partial charge in [-0.25, -0.2) is 13.8 Å². The molecule has 0 saturated heterocycles. The number of nitrogens with zero attached hydrogens (tertiary/aromatic N) is 4. The van der Waals surface area contributed by atoms with Gasteiger partial charge in [-0.3, -0.25) is 23.7 Å². The quantitative estimate of drug-likeness (QED) is 0.481. The maximum Gasteiger partial charge on any atom is 0.312 e. The molecular weight excluding hydrogens is 648 g/mol.